The van der Waals surface area contributed by atoms with Gasteiger partial charge < -0.3 is 25.2 Å². The predicted octanol–water partition coefficient (Wildman–Crippen LogP) is 1.44. The van der Waals surface area contributed by atoms with Crippen molar-refractivity contribution in [2.24, 2.45) is 5.92 Å². The van der Waals surface area contributed by atoms with Gasteiger partial charge in [-0.15, -0.1) is 0 Å². The predicted molar refractivity (Wildman–Crippen MR) is 95.5 cm³/mol. The van der Waals surface area contributed by atoms with Crippen LogP contribution in [-0.2, 0) is 9.59 Å². The molecule has 0 aliphatic rings. The van der Waals surface area contributed by atoms with Gasteiger partial charge in [0.25, 0.3) is 5.91 Å². The van der Waals surface area contributed by atoms with E-state index in [2.05, 4.69) is 10.6 Å². The number of carbonyl (C=O) groups excluding carboxylic acids is 2. The molecule has 0 bridgehead atoms. The number of amides is 2. The maximum atomic E-state index is 12.6. The van der Waals surface area contributed by atoms with Gasteiger partial charge in [0.15, 0.2) is 0 Å². The molecule has 0 saturated carbocycles. The zero-order valence-corrected chi connectivity index (χ0v) is 15.7. The van der Waals surface area contributed by atoms with Crippen LogP contribution in [0.2, 0.25) is 0 Å². The van der Waals surface area contributed by atoms with E-state index in [-0.39, 0.29) is 17.9 Å². The van der Waals surface area contributed by atoms with Crippen LogP contribution in [0.3, 0.4) is 0 Å². The number of methoxy groups -OCH3 is 2. The van der Waals surface area contributed by atoms with E-state index in [0.717, 1.165) is 0 Å². The molecule has 0 spiro atoms. The maximum Gasteiger partial charge on any atom is 0.326 e. The average molecular weight is 366 g/mol. The Morgan fingerprint density at radius 3 is 1.96 bits per heavy atom. The second kappa shape index (κ2) is 9.65. The molecular formula is C18H26N2O6. The zero-order chi connectivity index (χ0) is 19.9. The van der Waals surface area contributed by atoms with Gasteiger partial charge in [0.1, 0.15) is 23.6 Å². The Labute approximate surface area is 152 Å². The van der Waals surface area contributed by atoms with Crippen molar-refractivity contribution >= 4 is 17.8 Å². The van der Waals surface area contributed by atoms with Crippen LogP contribution in [0, 0.1) is 5.92 Å². The Kier molecular flexibility index (Phi) is 7.89. The van der Waals surface area contributed by atoms with Gasteiger partial charge in [-0.25, -0.2) is 4.79 Å². The summed E-state index contributed by atoms with van der Waals surface area (Å²) in [4.78, 5) is 36.1. The zero-order valence-electron chi connectivity index (χ0n) is 15.7. The van der Waals surface area contributed by atoms with Crippen LogP contribution in [0.25, 0.3) is 0 Å². The number of carboxylic acid groups (broad SMARTS) is 1. The number of nitrogens with one attached hydrogen (secondary N) is 2. The van der Waals surface area contributed by atoms with E-state index < -0.39 is 29.9 Å². The maximum absolute atomic E-state index is 12.6. The van der Waals surface area contributed by atoms with Crippen molar-refractivity contribution in [2.75, 3.05) is 14.2 Å². The molecule has 8 heteroatoms. The highest BCUT2D eigenvalue weighted by molar-refractivity contribution is 5.98. The quantitative estimate of drug-likeness (QED) is 0.609. The summed E-state index contributed by atoms with van der Waals surface area (Å²) in [6, 6.07) is 2.80. The summed E-state index contributed by atoms with van der Waals surface area (Å²) in [6.45, 7) is 5.18. The summed E-state index contributed by atoms with van der Waals surface area (Å²) in [7, 11) is 2.94. The molecule has 8 nitrogen and oxygen atoms in total. The molecule has 3 N–H and O–H groups in total. The third-order valence-corrected chi connectivity index (χ3v) is 3.87. The molecule has 2 unspecified atom stereocenters. The number of ether oxygens (including phenoxy) is 2. The summed E-state index contributed by atoms with van der Waals surface area (Å²) in [6.07, 6.45) is 0.243. The third kappa shape index (κ3) is 5.65. The molecule has 2 amide bonds. The van der Waals surface area contributed by atoms with Crippen molar-refractivity contribution in [1.82, 2.24) is 10.6 Å². The Hall–Kier alpha value is -2.77. The highest BCUT2D eigenvalue weighted by Crippen LogP contribution is 2.22. The number of rotatable bonds is 9. The molecule has 1 aromatic rings. The van der Waals surface area contributed by atoms with Crippen LogP contribution >= 0.6 is 0 Å². The van der Waals surface area contributed by atoms with Crippen molar-refractivity contribution in [3.8, 4) is 11.5 Å². The number of carbonyl (C=O) groups is 3. The molecule has 26 heavy (non-hydrogen) atoms. The molecule has 0 aromatic heterocycles. The molecule has 0 aliphatic carbocycles. The van der Waals surface area contributed by atoms with Gasteiger partial charge in [-0.2, -0.15) is 0 Å². The van der Waals surface area contributed by atoms with E-state index >= 15 is 0 Å². The molecule has 2 atom stereocenters. The Bertz CT molecular complexity index is 637. The van der Waals surface area contributed by atoms with E-state index in [0.29, 0.717) is 11.5 Å². The molecule has 1 aromatic carbocycles. The standard InChI is InChI=1S/C18H26N2O6/c1-6-14(18(23)24)19-17(22)15(10(2)3)20-16(21)11-7-12(25-4)9-13(8-11)26-5/h7-10,14-15H,6H2,1-5H3,(H,19,22)(H,20,21)(H,23,24). The minimum Gasteiger partial charge on any atom is -0.497 e. The fourth-order valence-electron chi connectivity index (χ4n) is 2.30. The second-order valence-electron chi connectivity index (χ2n) is 6.10. The topological polar surface area (TPSA) is 114 Å². The van der Waals surface area contributed by atoms with Crippen LogP contribution in [-0.4, -0.2) is 49.2 Å². The van der Waals surface area contributed by atoms with Crippen molar-refractivity contribution < 1.29 is 29.0 Å². The van der Waals surface area contributed by atoms with Crippen molar-refractivity contribution in [3.63, 3.8) is 0 Å². The van der Waals surface area contributed by atoms with Gasteiger partial charge in [-0.05, 0) is 24.5 Å². The van der Waals surface area contributed by atoms with Gasteiger partial charge in [0, 0.05) is 11.6 Å². The first kappa shape index (κ1) is 21.3. The molecule has 144 valence electrons. The molecule has 0 fully saturated rings. The van der Waals surface area contributed by atoms with Crippen LogP contribution in [0.5, 0.6) is 11.5 Å². The normalized spacial score (nSPS) is 12.8. The van der Waals surface area contributed by atoms with Crippen molar-refractivity contribution in [2.45, 2.75) is 39.3 Å². The van der Waals surface area contributed by atoms with E-state index in [9.17, 15) is 14.4 Å². The number of hydrogen-bond acceptors (Lipinski definition) is 5. The first-order valence-electron chi connectivity index (χ1n) is 8.30. The minimum absolute atomic E-state index is 0.238. The second-order valence-corrected chi connectivity index (χ2v) is 6.10. The fourth-order valence-corrected chi connectivity index (χ4v) is 2.30. The van der Waals surface area contributed by atoms with Crippen LogP contribution in [0.4, 0.5) is 0 Å². The lowest BCUT2D eigenvalue weighted by Crippen LogP contribution is -2.53. The molecular weight excluding hydrogens is 340 g/mol. The highest BCUT2D eigenvalue weighted by Gasteiger charge is 2.28. The molecule has 0 heterocycles. The number of carboxylic acids is 1. The van der Waals surface area contributed by atoms with Crippen molar-refractivity contribution in [1.29, 1.82) is 0 Å². The Balaban J connectivity index is 2.98. The third-order valence-electron chi connectivity index (χ3n) is 3.87. The van der Waals surface area contributed by atoms with E-state index in [1.807, 2.05) is 0 Å². The van der Waals surface area contributed by atoms with Crippen molar-refractivity contribution in [3.05, 3.63) is 23.8 Å². The minimum atomic E-state index is -1.12. The largest absolute Gasteiger partial charge is 0.497 e. The lowest BCUT2D eigenvalue weighted by atomic mass is 10.0. The number of benzene rings is 1. The SMILES string of the molecule is CCC(NC(=O)C(NC(=O)c1cc(OC)cc(OC)c1)C(C)C)C(=O)O. The lowest BCUT2D eigenvalue weighted by Gasteiger charge is -2.23. The summed E-state index contributed by atoms with van der Waals surface area (Å²) in [5.74, 6) is -1.50. The van der Waals surface area contributed by atoms with Gasteiger partial charge in [-0.3, -0.25) is 9.59 Å². The van der Waals surface area contributed by atoms with Gasteiger partial charge in [0.2, 0.25) is 5.91 Å². The molecule has 0 radical (unpaired) electrons. The lowest BCUT2D eigenvalue weighted by molar-refractivity contribution is -0.142. The van der Waals surface area contributed by atoms with Crippen LogP contribution in [0.15, 0.2) is 18.2 Å². The fraction of sp³-hybridized carbons (Fsp3) is 0.500. The summed E-state index contributed by atoms with van der Waals surface area (Å²) in [5, 5.41) is 14.2. The molecule has 1 rings (SSSR count). The van der Waals surface area contributed by atoms with E-state index in [1.165, 1.54) is 26.4 Å². The summed E-state index contributed by atoms with van der Waals surface area (Å²) >= 11 is 0. The van der Waals surface area contributed by atoms with Crippen LogP contribution in [0.1, 0.15) is 37.6 Å². The van der Waals surface area contributed by atoms with Gasteiger partial charge >= 0.3 is 5.97 Å². The average Bonchev–Trinajstić information content (AvgIpc) is 2.62. The number of aliphatic carboxylic acids is 1. The van der Waals surface area contributed by atoms with Crippen LogP contribution < -0.4 is 20.1 Å². The Morgan fingerprint density at radius 2 is 1.58 bits per heavy atom. The first-order valence-corrected chi connectivity index (χ1v) is 8.30. The highest BCUT2D eigenvalue weighted by atomic mass is 16.5. The summed E-state index contributed by atoms with van der Waals surface area (Å²) in [5.41, 5.74) is 0.268. The summed E-state index contributed by atoms with van der Waals surface area (Å²) < 4.78 is 10.3. The van der Waals surface area contributed by atoms with E-state index in [4.69, 9.17) is 14.6 Å². The first-order chi connectivity index (χ1) is 12.2. The monoisotopic (exact) mass is 366 g/mol. The Morgan fingerprint density at radius 1 is 1.04 bits per heavy atom. The molecule has 0 saturated heterocycles. The molecule has 0 aliphatic heterocycles. The van der Waals surface area contributed by atoms with Gasteiger partial charge in [0.05, 0.1) is 14.2 Å². The van der Waals surface area contributed by atoms with E-state index in [1.54, 1.807) is 26.8 Å². The number of hydrogen-bond donors (Lipinski definition) is 3. The van der Waals surface area contributed by atoms with Gasteiger partial charge in [-0.1, -0.05) is 20.8 Å². The smallest absolute Gasteiger partial charge is 0.326 e.